The number of nitrogens with zero attached hydrogens (tertiary/aromatic N) is 2. The molecular weight excluding hydrogens is 236 g/mol. The molecule has 0 aromatic carbocycles. The maximum atomic E-state index is 10.1. The van der Waals surface area contributed by atoms with Gasteiger partial charge in [0.15, 0.2) is 0 Å². The molecule has 4 rings (SSSR count). The number of rotatable bonds is 2. The number of hydrogen-bond acceptors (Lipinski definition) is 2. The summed E-state index contributed by atoms with van der Waals surface area (Å²) in [7, 11) is 0. The summed E-state index contributed by atoms with van der Waals surface area (Å²) in [5.74, 6) is 0.779. The van der Waals surface area contributed by atoms with Crippen molar-refractivity contribution in [3.05, 3.63) is 18.0 Å². The zero-order chi connectivity index (χ0) is 12.9. The predicted octanol–water partition coefficient (Wildman–Crippen LogP) is 3.41. The maximum Gasteiger partial charge on any atom is 0.0600 e. The second-order valence-corrected chi connectivity index (χ2v) is 7.04. The average Bonchev–Trinajstić information content (AvgIpc) is 2.98. The normalized spacial score (nSPS) is 33.9. The molecule has 1 aromatic heterocycles. The van der Waals surface area contributed by atoms with E-state index in [1.54, 1.807) is 0 Å². The fraction of sp³-hybridized carbons (Fsp3) is 0.812. The largest absolute Gasteiger partial charge is 0.393 e. The van der Waals surface area contributed by atoms with Crippen molar-refractivity contribution in [2.45, 2.75) is 75.9 Å². The molecule has 3 heteroatoms. The Hall–Kier alpha value is -0.830. The minimum Gasteiger partial charge on any atom is -0.393 e. The Kier molecular flexibility index (Phi) is 2.73. The highest BCUT2D eigenvalue weighted by molar-refractivity contribution is 5.17. The first-order chi connectivity index (χ1) is 9.27. The summed E-state index contributed by atoms with van der Waals surface area (Å²) in [6.07, 6.45) is 15.4. The van der Waals surface area contributed by atoms with Gasteiger partial charge in [-0.2, -0.15) is 5.10 Å². The van der Waals surface area contributed by atoms with E-state index in [0.717, 1.165) is 18.8 Å². The molecule has 3 aliphatic carbocycles. The SMILES string of the molecule is OC1CCC2(CCCC2)C(n2cc(C3CC3)cn2)C1. The summed E-state index contributed by atoms with van der Waals surface area (Å²) in [5, 5.41) is 14.7. The van der Waals surface area contributed by atoms with Crippen molar-refractivity contribution in [3.63, 3.8) is 0 Å². The minimum atomic E-state index is -0.121. The number of aliphatic hydroxyl groups excluding tert-OH is 1. The molecule has 104 valence electrons. The van der Waals surface area contributed by atoms with Crippen LogP contribution >= 0.6 is 0 Å². The number of aromatic nitrogens is 2. The first kappa shape index (κ1) is 12.0. The molecule has 0 aliphatic heterocycles. The van der Waals surface area contributed by atoms with Gasteiger partial charge >= 0.3 is 0 Å². The molecule has 19 heavy (non-hydrogen) atoms. The zero-order valence-electron chi connectivity index (χ0n) is 11.6. The van der Waals surface area contributed by atoms with E-state index in [-0.39, 0.29) is 6.10 Å². The Labute approximate surface area is 115 Å². The van der Waals surface area contributed by atoms with Crippen molar-refractivity contribution in [3.8, 4) is 0 Å². The van der Waals surface area contributed by atoms with E-state index >= 15 is 0 Å². The van der Waals surface area contributed by atoms with E-state index in [4.69, 9.17) is 0 Å². The molecule has 0 saturated heterocycles. The van der Waals surface area contributed by atoms with Gasteiger partial charge in [0.25, 0.3) is 0 Å². The molecular formula is C16H24N2O. The van der Waals surface area contributed by atoms with E-state index in [9.17, 15) is 5.11 Å². The van der Waals surface area contributed by atoms with Crippen LogP contribution in [0, 0.1) is 5.41 Å². The molecule has 1 N–H and O–H groups in total. The Morgan fingerprint density at radius 2 is 1.95 bits per heavy atom. The second kappa shape index (κ2) is 4.34. The van der Waals surface area contributed by atoms with Gasteiger partial charge in [0.2, 0.25) is 0 Å². The Morgan fingerprint density at radius 1 is 1.16 bits per heavy atom. The Morgan fingerprint density at radius 3 is 2.68 bits per heavy atom. The van der Waals surface area contributed by atoms with Crippen LogP contribution in [-0.2, 0) is 0 Å². The van der Waals surface area contributed by atoms with Crippen molar-refractivity contribution in [1.29, 1.82) is 0 Å². The molecule has 2 atom stereocenters. The van der Waals surface area contributed by atoms with Crippen LogP contribution in [0.3, 0.4) is 0 Å². The van der Waals surface area contributed by atoms with E-state index in [2.05, 4.69) is 22.2 Å². The van der Waals surface area contributed by atoms with E-state index in [0.29, 0.717) is 11.5 Å². The fourth-order valence-corrected chi connectivity index (χ4v) is 4.45. The monoisotopic (exact) mass is 260 g/mol. The van der Waals surface area contributed by atoms with Crippen LogP contribution in [0.5, 0.6) is 0 Å². The van der Waals surface area contributed by atoms with Crippen molar-refractivity contribution < 1.29 is 5.11 Å². The van der Waals surface area contributed by atoms with E-state index in [1.807, 2.05) is 0 Å². The van der Waals surface area contributed by atoms with Crippen LogP contribution in [0.4, 0.5) is 0 Å². The van der Waals surface area contributed by atoms with Crippen LogP contribution < -0.4 is 0 Å². The molecule has 1 heterocycles. The van der Waals surface area contributed by atoms with Gasteiger partial charge < -0.3 is 5.11 Å². The molecule has 2 unspecified atom stereocenters. The summed E-state index contributed by atoms with van der Waals surface area (Å²) in [4.78, 5) is 0. The van der Waals surface area contributed by atoms with Gasteiger partial charge in [-0.3, -0.25) is 4.68 Å². The molecule has 3 nitrogen and oxygen atoms in total. The first-order valence-corrected chi connectivity index (χ1v) is 7.99. The summed E-state index contributed by atoms with van der Waals surface area (Å²) in [6, 6.07) is 0.436. The number of hydrogen-bond donors (Lipinski definition) is 1. The number of aliphatic hydroxyl groups is 1. The quantitative estimate of drug-likeness (QED) is 0.885. The lowest BCUT2D eigenvalue weighted by atomic mass is 9.68. The van der Waals surface area contributed by atoms with Gasteiger partial charge in [0, 0.05) is 6.20 Å². The minimum absolute atomic E-state index is 0.121. The summed E-state index contributed by atoms with van der Waals surface area (Å²) >= 11 is 0. The molecule has 1 aromatic rings. The first-order valence-electron chi connectivity index (χ1n) is 7.99. The van der Waals surface area contributed by atoms with E-state index in [1.165, 1.54) is 50.5 Å². The molecule has 1 spiro atoms. The third-order valence-corrected chi connectivity index (χ3v) is 5.77. The van der Waals surface area contributed by atoms with Crippen molar-refractivity contribution in [2.75, 3.05) is 0 Å². The Balaban J connectivity index is 1.64. The van der Waals surface area contributed by atoms with E-state index < -0.39 is 0 Å². The lowest BCUT2D eigenvalue weighted by Gasteiger charge is -2.43. The predicted molar refractivity (Wildman–Crippen MR) is 74.0 cm³/mol. The second-order valence-electron chi connectivity index (χ2n) is 7.04. The fourth-order valence-electron chi connectivity index (χ4n) is 4.45. The van der Waals surface area contributed by atoms with Crippen molar-refractivity contribution in [2.24, 2.45) is 5.41 Å². The van der Waals surface area contributed by atoms with Gasteiger partial charge in [-0.1, -0.05) is 12.8 Å². The average molecular weight is 260 g/mol. The summed E-state index contributed by atoms with van der Waals surface area (Å²) in [5.41, 5.74) is 1.86. The molecule has 3 fully saturated rings. The maximum absolute atomic E-state index is 10.1. The van der Waals surface area contributed by atoms with Gasteiger partial charge in [0.05, 0.1) is 18.3 Å². The molecule has 3 saturated carbocycles. The topological polar surface area (TPSA) is 38.0 Å². The molecule has 3 aliphatic rings. The van der Waals surface area contributed by atoms with Crippen molar-refractivity contribution >= 4 is 0 Å². The Bertz CT molecular complexity index is 457. The van der Waals surface area contributed by atoms with Crippen molar-refractivity contribution in [1.82, 2.24) is 9.78 Å². The third-order valence-electron chi connectivity index (χ3n) is 5.77. The lowest BCUT2D eigenvalue weighted by Crippen LogP contribution is -2.38. The van der Waals surface area contributed by atoms with Crippen LogP contribution in [0.15, 0.2) is 12.4 Å². The molecule has 0 radical (unpaired) electrons. The summed E-state index contributed by atoms with van der Waals surface area (Å²) < 4.78 is 2.21. The standard InChI is InChI=1S/C16H24N2O/c19-14-5-8-16(6-1-2-7-16)15(9-14)18-11-13(10-17-18)12-3-4-12/h10-12,14-15,19H,1-9H2. The highest BCUT2D eigenvalue weighted by atomic mass is 16.3. The highest BCUT2D eigenvalue weighted by Gasteiger charge is 2.46. The smallest absolute Gasteiger partial charge is 0.0600 e. The zero-order valence-corrected chi connectivity index (χ0v) is 11.6. The van der Waals surface area contributed by atoms with Gasteiger partial charge in [-0.05, 0) is 61.8 Å². The van der Waals surface area contributed by atoms with Crippen LogP contribution in [0.1, 0.15) is 75.3 Å². The van der Waals surface area contributed by atoms with Gasteiger partial charge in [-0.25, -0.2) is 0 Å². The highest BCUT2D eigenvalue weighted by Crippen LogP contribution is 2.54. The van der Waals surface area contributed by atoms with Gasteiger partial charge in [-0.15, -0.1) is 0 Å². The third kappa shape index (κ3) is 2.03. The lowest BCUT2D eigenvalue weighted by molar-refractivity contribution is 0.0124. The molecule has 0 bridgehead atoms. The van der Waals surface area contributed by atoms with Crippen LogP contribution in [0.25, 0.3) is 0 Å². The summed E-state index contributed by atoms with van der Waals surface area (Å²) in [6.45, 7) is 0. The molecule has 0 amide bonds. The van der Waals surface area contributed by atoms with Gasteiger partial charge in [0.1, 0.15) is 0 Å². The van der Waals surface area contributed by atoms with Crippen LogP contribution in [-0.4, -0.2) is 21.0 Å². The van der Waals surface area contributed by atoms with Crippen LogP contribution in [0.2, 0.25) is 0 Å².